The van der Waals surface area contributed by atoms with E-state index in [1.165, 1.54) is 0 Å². The molecule has 0 aromatic carbocycles. The van der Waals surface area contributed by atoms with Crippen molar-refractivity contribution in [1.82, 2.24) is 24.7 Å². The molecule has 0 bridgehead atoms. The van der Waals surface area contributed by atoms with Crippen LogP contribution in [0.1, 0.15) is 24.5 Å². The molecule has 1 atom stereocenters. The van der Waals surface area contributed by atoms with Crippen LogP contribution in [0.25, 0.3) is 5.65 Å². The van der Waals surface area contributed by atoms with Crippen molar-refractivity contribution in [3.05, 3.63) is 54.5 Å². The van der Waals surface area contributed by atoms with Gasteiger partial charge in [0.15, 0.2) is 0 Å². The number of hydrogen-bond acceptors (Lipinski definition) is 3. The zero-order valence-corrected chi connectivity index (χ0v) is 10.2. The van der Waals surface area contributed by atoms with E-state index in [1.807, 2.05) is 41.2 Å². The van der Waals surface area contributed by atoms with Crippen molar-refractivity contribution in [3.8, 4) is 0 Å². The summed E-state index contributed by atoms with van der Waals surface area (Å²) in [4.78, 5) is 11.9. The highest BCUT2D eigenvalue weighted by atomic mass is 15.0. The normalized spacial score (nSPS) is 12.9. The van der Waals surface area contributed by atoms with Gasteiger partial charge in [-0.3, -0.25) is 0 Å². The molecule has 0 aliphatic carbocycles. The van der Waals surface area contributed by atoms with Gasteiger partial charge < -0.3 is 14.7 Å². The zero-order valence-electron chi connectivity index (χ0n) is 10.2. The predicted molar refractivity (Wildman–Crippen MR) is 69.0 cm³/mol. The molecule has 92 valence electrons. The molecular formula is C13H15N5. The first-order valence-corrected chi connectivity index (χ1v) is 5.98. The quantitative estimate of drug-likeness (QED) is 0.733. The fourth-order valence-corrected chi connectivity index (χ4v) is 1.94. The van der Waals surface area contributed by atoms with Crippen LogP contribution in [0.2, 0.25) is 0 Å². The summed E-state index contributed by atoms with van der Waals surface area (Å²) in [7, 11) is 0. The van der Waals surface area contributed by atoms with Crippen molar-refractivity contribution in [2.75, 3.05) is 0 Å². The Kier molecular flexibility index (Phi) is 2.82. The highest BCUT2D eigenvalue weighted by Crippen LogP contribution is 2.08. The number of fused-ring (bicyclic) bond motifs is 1. The maximum absolute atomic E-state index is 4.54. The first kappa shape index (κ1) is 11.0. The number of aromatic nitrogens is 4. The van der Waals surface area contributed by atoms with Crippen LogP contribution in [0.4, 0.5) is 0 Å². The van der Waals surface area contributed by atoms with Crippen molar-refractivity contribution in [3.63, 3.8) is 0 Å². The van der Waals surface area contributed by atoms with E-state index in [1.54, 1.807) is 6.20 Å². The average molecular weight is 241 g/mol. The molecule has 0 spiro atoms. The number of nitrogens with zero attached hydrogens (tertiary/aromatic N) is 3. The first-order valence-electron chi connectivity index (χ1n) is 5.98. The van der Waals surface area contributed by atoms with E-state index in [4.69, 9.17) is 0 Å². The van der Waals surface area contributed by atoms with Crippen LogP contribution in [0.3, 0.4) is 0 Å². The molecule has 0 fully saturated rings. The molecule has 5 nitrogen and oxygen atoms in total. The Balaban J connectivity index is 1.69. The summed E-state index contributed by atoms with van der Waals surface area (Å²) in [5.41, 5.74) is 2.00. The number of imidazole rings is 2. The van der Waals surface area contributed by atoms with Crippen molar-refractivity contribution in [1.29, 1.82) is 0 Å². The standard InChI is InChI=1S/C13H15N5/c1-10(13-14-5-6-15-13)16-8-11-9-18-7-3-2-4-12(18)17-11/h2-7,9-10,16H,8H2,1H3,(H,14,15). The maximum Gasteiger partial charge on any atom is 0.137 e. The number of hydrogen-bond donors (Lipinski definition) is 2. The lowest BCUT2D eigenvalue weighted by Crippen LogP contribution is -2.19. The summed E-state index contributed by atoms with van der Waals surface area (Å²) in [5, 5.41) is 3.39. The summed E-state index contributed by atoms with van der Waals surface area (Å²) in [6, 6.07) is 6.17. The molecule has 18 heavy (non-hydrogen) atoms. The van der Waals surface area contributed by atoms with Crippen LogP contribution < -0.4 is 5.32 Å². The lowest BCUT2D eigenvalue weighted by Gasteiger charge is -2.09. The van der Waals surface area contributed by atoms with Crippen LogP contribution >= 0.6 is 0 Å². The van der Waals surface area contributed by atoms with Gasteiger partial charge in [0.25, 0.3) is 0 Å². The Labute approximate surface area is 105 Å². The molecule has 1 unspecified atom stereocenters. The van der Waals surface area contributed by atoms with Gasteiger partial charge in [0, 0.05) is 31.3 Å². The van der Waals surface area contributed by atoms with Gasteiger partial charge in [0.05, 0.1) is 11.7 Å². The molecule has 3 rings (SSSR count). The second-order valence-corrected chi connectivity index (χ2v) is 4.28. The predicted octanol–water partition coefficient (Wildman–Crippen LogP) is 1.91. The van der Waals surface area contributed by atoms with E-state index in [0.29, 0.717) is 0 Å². The summed E-state index contributed by atoms with van der Waals surface area (Å²) < 4.78 is 2.02. The number of H-pyrrole nitrogens is 1. The van der Waals surface area contributed by atoms with Gasteiger partial charge >= 0.3 is 0 Å². The van der Waals surface area contributed by atoms with E-state index < -0.39 is 0 Å². The second-order valence-electron chi connectivity index (χ2n) is 4.28. The summed E-state index contributed by atoms with van der Waals surface area (Å²) in [6.45, 7) is 2.80. The van der Waals surface area contributed by atoms with Gasteiger partial charge in [-0.25, -0.2) is 9.97 Å². The monoisotopic (exact) mass is 241 g/mol. The van der Waals surface area contributed by atoms with E-state index in [2.05, 4.69) is 27.2 Å². The number of nitrogens with one attached hydrogen (secondary N) is 2. The highest BCUT2D eigenvalue weighted by molar-refractivity contribution is 5.39. The van der Waals surface area contributed by atoms with Gasteiger partial charge in [-0.05, 0) is 19.1 Å². The van der Waals surface area contributed by atoms with Crippen molar-refractivity contribution < 1.29 is 0 Å². The van der Waals surface area contributed by atoms with Crippen molar-refractivity contribution in [2.24, 2.45) is 0 Å². The molecule has 0 radical (unpaired) electrons. The van der Waals surface area contributed by atoms with E-state index in [-0.39, 0.29) is 6.04 Å². The minimum Gasteiger partial charge on any atom is -0.347 e. The zero-order chi connectivity index (χ0) is 12.4. The fourth-order valence-electron chi connectivity index (χ4n) is 1.94. The lowest BCUT2D eigenvalue weighted by atomic mass is 10.3. The van der Waals surface area contributed by atoms with Crippen molar-refractivity contribution in [2.45, 2.75) is 19.5 Å². The third-order valence-electron chi connectivity index (χ3n) is 2.93. The van der Waals surface area contributed by atoms with Crippen LogP contribution in [-0.2, 0) is 6.54 Å². The van der Waals surface area contributed by atoms with Crippen LogP contribution in [0.5, 0.6) is 0 Å². The summed E-state index contributed by atoms with van der Waals surface area (Å²) >= 11 is 0. The van der Waals surface area contributed by atoms with Crippen molar-refractivity contribution >= 4 is 5.65 Å². The molecule has 3 aromatic rings. The average Bonchev–Trinajstić information content (AvgIpc) is 3.04. The topological polar surface area (TPSA) is 58.0 Å². The van der Waals surface area contributed by atoms with Crippen LogP contribution in [-0.4, -0.2) is 19.4 Å². The lowest BCUT2D eigenvalue weighted by molar-refractivity contribution is 0.546. The first-order chi connectivity index (χ1) is 8.83. The third-order valence-corrected chi connectivity index (χ3v) is 2.93. The van der Waals surface area contributed by atoms with Gasteiger partial charge in [0.2, 0.25) is 0 Å². The molecule has 0 aliphatic rings. The number of rotatable bonds is 4. The number of pyridine rings is 1. The molecule has 0 aliphatic heterocycles. The Hall–Kier alpha value is -2.14. The molecule has 5 heteroatoms. The Morgan fingerprint density at radius 1 is 1.44 bits per heavy atom. The van der Waals surface area contributed by atoms with E-state index in [0.717, 1.165) is 23.7 Å². The van der Waals surface area contributed by atoms with E-state index >= 15 is 0 Å². The van der Waals surface area contributed by atoms with Gasteiger partial charge in [0.1, 0.15) is 11.5 Å². The molecule has 3 heterocycles. The van der Waals surface area contributed by atoms with E-state index in [9.17, 15) is 0 Å². The van der Waals surface area contributed by atoms with Gasteiger partial charge in [-0.2, -0.15) is 0 Å². The molecule has 3 aromatic heterocycles. The SMILES string of the molecule is CC(NCc1cn2ccccc2n1)c1ncc[nH]1. The van der Waals surface area contributed by atoms with Crippen LogP contribution in [0.15, 0.2) is 43.0 Å². The molecule has 0 saturated heterocycles. The largest absolute Gasteiger partial charge is 0.347 e. The summed E-state index contributed by atoms with van der Waals surface area (Å²) in [6.07, 6.45) is 7.63. The van der Waals surface area contributed by atoms with Crippen LogP contribution in [0, 0.1) is 0 Å². The Morgan fingerprint density at radius 2 is 2.39 bits per heavy atom. The van der Waals surface area contributed by atoms with Gasteiger partial charge in [-0.1, -0.05) is 6.07 Å². The fraction of sp³-hybridized carbons (Fsp3) is 0.231. The number of aromatic amines is 1. The summed E-state index contributed by atoms with van der Waals surface area (Å²) in [5.74, 6) is 0.943. The second kappa shape index (κ2) is 4.62. The highest BCUT2D eigenvalue weighted by Gasteiger charge is 2.08. The minimum atomic E-state index is 0.185. The maximum atomic E-state index is 4.54. The minimum absolute atomic E-state index is 0.185. The Bertz CT molecular complexity index is 593. The molecule has 0 saturated carbocycles. The smallest absolute Gasteiger partial charge is 0.137 e. The molecule has 0 amide bonds. The third kappa shape index (κ3) is 2.12. The molecule has 2 N–H and O–H groups in total. The van der Waals surface area contributed by atoms with Gasteiger partial charge in [-0.15, -0.1) is 0 Å². The molecular weight excluding hydrogens is 226 g/mol. The Morgan fingerprint density at radius 3 is 3.17 bits per heavy atom.